The molecule has 0 radical (unpaired) electrons. The summed E-state index contributed by atoms with van der Waals surface area (Å²) in [6.45, 7) is 4.74. The van der Waals surface area contributed by atoms with E-state index in [0.29, 0.717) is 0 Å². The maximum absolute atomic E-state index is 5.78. The molecule has 278 valence electrons. The molecule has 2 aromatic heterocycles. The van der Waals surface area contributed by atoms with Crippen LogP contribution in [0.25, 0.3) is 72.4 Å². The number of para-hydroxylation sites is 2. The zero-order chi connectivity index (χ0) is 39.3. The fourth-order valence-corrected chi connectivity index (χ4v) is 21.0. The van der Waals surface area contributed by atoms with Crippen LogP contribution < -0.4 is 17.7 Å². The van der Waals surface area contributed by atoms with Crippen LogP contribution in [0, 0.1) is 0 Å². The molecule has 12 rings (SSSR count). The van der Waals surface area contributed by atoms with Gasteiger partial charge in [0.2, 0.25) is 0 Å². The van der Waals surface area contributed by atoms with Gasteiger partial charge in [-0.1, -0.05) is 0 Å². The number of aromatic nitrogens is 3. The van der Waals surface area contributed by atoms with Crippen molar-refractivity contribution in [1.29, 1.82) is 0 Å². The summed E-state index contributed by atoms with van der Waals surface area (Å²) in [6.07, 6.45) is 0. The van der Waals surface area contributed by atoms with Crippen molar-refractivity contribution < 1.29 is 0 Å². The molecule has 0 bridgehead atoms. The SMILES string of the molecule is CC1(C)c2ccccc2-c2c1ccc1c3ccccc3n(-c3ccccc3-c3nc(-c4ccccc4)n[c]4c3-c3cccc[c]3[Ge]4([c]3ccccc3)[c]3ccccc3)c21. The second kappa shape index (κ2) is 12.8. The van der Waals surface area contributed by atoms with Gasteiger partial charge in [0, 0.05) is 0 Å². The summed E-state index contributed by atoms with van der Waals surface area (Å²) in [5.41, 5.74) is 14.2. The summed E-state index contributed by atoms with van der Waals surface area (Å²) in [5, 5.41) is 2.50. The quantitative estimate of drug-likeness (QED) is 0.162. The number of nitrogens with zero attached hydrogens (tertiary/aromatic N) is 3. The van der Waals surface area contributed by atoms with Crippen LogP contribution in [-0.4, -0.2) is 27.8 Å². The van der Waals surface area contributed by atoms with Crippen LogP contribution in [0.15, 0.2) is 200 Å². The molecule has 3 heterocycles. The predicted molar refractivity (Wildman–Crippen MR) is 247 cm³/mol. The van der Waals surface area contributed by atoms with Gasteiger partial charge in [-0.3, -0.25) is 0 Å². The van der Waals surface area contributed by atoms with Gasteiger partial charge in [0.05, 0.1) is 0 Å². The Hall–Kier alpha value is -6.82. The van der Waals surface area contributed by atoms with Crippen molar-refractivity contribution in [2.24, 2.45) is 0 Å². The van der Waals surface area contributed by atoms with E-state index in [0.717, 1.165) is 33.9 Å². The van der Waals surface area contributed by atoms with Crippen molar-refractivity contribution in [2.45, 2.75) is 19.3 Å². The molecule has 59 heavy (non-hydrogen) atoms. The number of benzene rings is 8. The fraction of sp³-hybridized carbons (Fsp3) is 0.0545. The van der Waals surface area contributed by atoms with Gasteiger partial charge in [0.15, 0.2) is 0 Å². The van der Waals surface area contributed by atoms with Crippen LogP contribution in [-0.2, 0) is 5.41 Å². The molecule has 1 aliphatic heterocycles. The van der Waals surface area contributed by atoms with Gasteiger partial charge < -0.3 is 0 Å². The first-order valence-electron chi connectivity index (χ1n) is 20.5. The van der Waals surface area contributed by atoms with E-state index < -0.39 is 13.3 Å². The van der Waals surface area contributed by atoms with E-state index in [9.17, 15) is 0 Å². The first-order valence-corrected chi connectivity index (χ1v) is 24.7. The molecule has 0 saturated heterocycles. The average molecular weight is 815 g/mol. The Balaban J connectivity index is 1.24. The van der Waals surface area contributed by atoms with Crippen molar-refractivity contribution in [3.8, 4) is 50.6 Å². The maximum atomic E-state index is 5.78. The van der Waals surface area contributed by atoms with Crippen molar-refractivity contribution in [3.63, 3.8) is 0 Å². The van der Waals surface area contributed by atoms with Gasteiger partial charge in [-0.05, 0) is 0 Å². The normalized spacial score (nSPS) is 14.2. The Morgan fingerprint density at radius 3 is 1.80 bits per heavy atom. The molecular weight excluding hydrogens is 775 g/mol. The number of hydrogen-bond acceptors (Lipinski definition) is 2. The zero-order valence-electron chi connectivity index (χ0n) is 32.9. The molecule has 0 saturated carbocycles. The van der Waals surface area contributed by atoms with Crippen LogP contribution in [0.3, 0.4) is 0 Å². The monoisotopic (exact) mass is 815 g/mol. The van der Waals surface area contributed by atoms with Gasteiger partial charge in [-0.2, -0.15) is 0 Å². The van der Waals surface area contributed by atoms with Crippen molar-refractivity contribution >= 4 is 52.8 Å². The Bertz CT molecular complexity index is 3250. The summed E-state index contributed by atoms with van der Waals surface area (Å²) in [7, 11) is 0. The van der Waals surface area contributed by atoms with Crippen LogP contribution >= 0.6 is 0 Å². The number of rotatable bonds is 5. The molecule has 0 fully saturated rings. The van der Waals surface area contributed by atoms with Crippen LogP contribution in [0.1, 0.15) is 25.0 Å². The third-order valence-corrected chi connectivity index (χ3v) is 23.0. The number of hydrogen-bond donors (Lipinski definition) is 0. The summed E-state index contributed by atoms with van der Waals surface area (Å²) in [5.74, 6) is 0.752. The van der Waals surface area contributed by atoms with Gasteiger partial charge in [-0.25, -0.2) is 0 Å². The summed E-state index contributed by atoms with van der Waals surface area (Å²) < 4.78 is 7.84. The van der Waals surface area contributed by atoms with Gasteiger partial charge in [0.1, 0.15) is 0 Å². The molecule has 0 atom stereocenters. The van der Waals surface area contributed by atoms with E-state index in [1.807, 2.05) is 0 Å². The van der Waals surface area contributed by atoms with Gasteiger partial charge >= 0.3 is 348 Å². The first kappa shape index (κ1) is 34.2. The molecule has 4 heteroatoms. The van der Waals surface area contributed by atoms with Crippen molar-refractivity contribution in [3.05, 3.63) is 211 Å². The Morgan fingerprint density at radius 1 is 0.458 bits per heavy atom. The molecule has 1 aliphatic carbocycles. The average Bonchev–Trinajstić information content (AvgIpc) is 3.88. The van der Waals surface area contributed by atoms with Crippen LogP contribution in [0.2, 0.25) is 0 Å². The van der Waals surface area contributed by atoms with Gasteiger partial charge in [-0.15, -0.1) is 0 Å². The fourth-order valence-electron chi connectivity index (χ4n) is 10.5. The van der Waals surface area contributed by atoms with E-state index in [1.54, 1.807) is 0 Å². The van der Waals surface area contributed by atoms with E-state index in [4.69, 9.17) is 9.97 Å². The molecule has 0 amide bonds. The summed E-state index contributed by atoms with van der Waals surface area (Å²) >= 11 is -3.75. The van der Waals surface area contributed by atoms with Crippen molar-refractivity contribution in [1.82, 2.24) is 14.5 Å². The topological polar surface area (TPSA) is 30.7 Å². The second-order valence-corrected chi connectivity index (χ2v) is 24.1. The Labute approximate surface area is 346 Å². The minimum absolute atomic E-state index is 0.132. The Morgan fingerprint density at radius 2 is 1.05 bits per heavy atom. The van der Waals surface area contributed by atoms with E-state index >= 15 is 0 Å². The first-order chi connectivity index (χ1) is 29.1. The predicted octanol–water partition coefficient (Wildman–Crippen LogP) is 10.6. The summed E-state index contributed by atoms with van der Waals surface area (Å²) in [6, 6.07) is 73.6. The molecule has 2 aliphatic rings. The summed E-state index contributed by atoms with van der Waals surface area (Å²) in [4.78, 5) is 11.5. The second-order valence-electron chi connectivity index (χ2n) is 16.4. The van der Waals surface area contributed by atoms with E-state index in [2.05, 4.69) is 219 Å². The molecule has 10 aromatic rings. The number of fused-ring (bicyclic) bond motifs is 10. The zero-order valence-corrected chi connectivity index (χ0v) is 35.0. The molecule has 0 unspecified atom stereocenters. The minimum atomic E-state index is -3.75. The standard InChI is InChI=1S/C55H39GeN3/c1-55(2)44-30-16-12-27-41(44)49-45(55)35-34-40-39-26-14-18-32-47(39)59(52(40)49)48-33-19-15-29-43(48)51-50-42-28-13-17-31-46(42)56(37-22-8-4-9-23-37,38-24-10-5-11-25-38)53(50)58-54(57-51)36-20-6-3-7-21-36/h3-35H,1-2H3. The van der Waals surface area contributed by atoms with Crippen LogP contribution in [0.4, 0.5) is 0 Å². The van der Waals surface area contributed by atoms with Crippen molar-refractivity contribution in [2.75, 3.05) is 0 Å². The molecule has 0 spiro atoms. The Kier molecular flexibility index (Phi) is 7.45. The van der Waals surface area contributed by atoms with E-state index in [-0.39, 0.29) is 5.41 Å². The molecule has 0 N–H and O–H groups in total. The van der Waals surface area contributed by atoms with Gasteiger partial charge in [0.25, 0.3) is 0 Å². The third-order valence-electron chi connectivity index (χ3n) is 13.1. The molecule has 8 aromatic carbocycles. The molecular formula is C55H39GeN3. The third kappa shape index (κ3) is 4.71. The van der Waals surface area contributed by atoms with E-state index in [1.165, 1.54) is 67.3 Å². The molecule has 3 nitrogen and oxygen atoms in total. The van der Waals surface area contributed by atoms with Crippen LogP contribution in [0.5, 0.6) is 0 Å².